The van der Waals surface area contributed by atoms with Crippen molar-refractivity contribution < 1.29 is 9.84 Å². The molecule has 1 fully saturated rings. The Hall–Kier alpha value is -0.190. The Kier molecular flexibility index (Phi) is 5.15. The van der Waals surface area contributed by atoms with Gasteiger partial charge in [0.15, 0.2) is 0 Å². The molecule has 1 heterocycles. The van der Waals surface area contributed by atoms with E-state index in [1.807, 2.05) is 0 Å². The fourth-order valence-corrected chi connectivity index (χ4v) is 2.13. The molecule has 0 radical (unpaired) electrons. The second-order valence-corrected chi connectivity index (χ2v) is 4.25. The summed E-state index contributed by atoms with van der Waals surface area (Å²) >= 11 is 11.7. The van der Waals surface area contributed by atoms with E-state index in [1.54, 1.807) is 6.07 Å². The van der Waals surface area contributed by atoms with Gasteiger partial charge in [-0.25, -0.2) is 0 Å². The van der Waals surface area contributed by atoms with E-state index in [0.29, 0.717) is 23.8 Å². The van der Waals surface area contributed by atoms with E-state index in [0.717, 1.165) is 6.54 Å². The number of aromatic hydroxyl groups is 1. The van der Waals surface area contributed by atoms with Crippen molar-refractivity contribution in [2.75, 3.05) is 19.8 Å². The number of nitrogens with one attached hydrogen (secondary N) is 1. The maximum atomic E-state index is 9.79. The number of ether oxygens (including phenoxy) is 1. The van der Waals surface area contributed by atoms with Crippen molar-refractivity contribution >= 4 is 35.6 Å². The van der Waals surface area contributed by atoms with Gasteiger partial charge in [0, 0.05) is 17.1 Å². The van der Waals surface area contributed by atoms with Crippen LogP contribution in [0.2, 0.25) is 10.0 Å². The minimum absolute atomic E-state index is 0. The minimum atomic E-state index is -0.0463. The summed E-state index contributed by atoms with van der Waals surface area (Å²) in [6.45, 7) is 1.96. The Bertz CT molecular complexity index is 367. The second-order valence-electron chi connectivity index (χ2n) is 3.41. The standard InChI is InChI=1S/C10H11Cl2NO2.ClH/c11-6-3-7(10(14)8(12)4-6)9-5-15-2-1-13-9;/h3-4,9,13-14H,1-2,5H2;1H/t9-;/m0./s1. The summed E-state index contributed by atoms with van der Waals surface area (Å²) < 4.78 is 5.31. The molecule has 1 atom stereocenters. The third kappa shape index (κ3) is 2.93. The number of phenolic OH excluding ortho intramolecular Hbond substituents is 1. The third-order valence-electron chi connectivity index (χ3n) is 2.35. The first-order valence-corrected chi connectivity index (χ1v) is 5.43. The molecule has 0 unspecified atom stereocenters. The molecule has 90 valence electrons. The van der Waals surface area contributed by atoms with Gasteiger partial charge in [0.1, 0.15) is 5.75 Å². The van der Waals surface area contributed by atoms with Gasteiger partial charge in [0.05, 0.1) is 24.3 Å². The lowest BCUT2D eigenvalue weighted by molar-refractivity contribution is 0.0761. The highest BCUT2D eigenvalue weighted by molar-refractivity contribution is 6.35. The van der Waals surface area contributed by atoms with E-state index >= 15 is 0 Å². The summed E-state index contributed by atoms with van der Waals surface area (Å²) in [7, 11) is 0. The average Bonchev–Trinajstić information content (AvgIpc) is 2.24. The molecule has 6 heteroatoms. The number of halogens is 3. The summed E-state index contributed by atoms with van der Waals surface area (Å²) in [4.78, 5) is 0. The molecule has 3 nitrogen and oxygen atoms in total. The fraction of sp³-hybridized carbons (Fsp3) is 0.400. The average molecular weight is 285 g/mol. The van der Waals surface area contributed by atoms with Gasteiger partial charge in [-0.2, -0.15) is 0 Å². The highest BCUT2D eigenvalue weighted by atomic mass is 35.5. The zero-order valence-electron chi connectivity index (χ0n) is 8.37. The first-order chi connectivity index (χ1) is 7.18. The number of benzene rings is 1. The molecule has 1 aromatic carbocycles. The molecule has 0 aliphatic carbocycles. The lowest BCUT2D eigenvalue weighted by atomic mass is 10.1. The molecular formula is C10H12Cl3NO2. The zero-order chi connectivity index (χ0) is 10.8. The monoisotopic (exact) mass is 283 g/mol. The molecule has 1 aromatic rings. The van der Waals surface area contributed by atoms with Gasteiger partial charge < -0.3 is 15.2 Å². The van der Waals surface area contributed by atoms with Crippen molar-refractivity contribution in [3.05, 3.63) is 27.7 Å². The van der Waals surface area contributed by atoms with Gasteiger partial charge in [-0.1, -0.05) is 23.2 Å². The first-order valence-electron chi connectivity index (χ1n) is 4.67. The molecule has 2 rings (SSSR count). The van der Waals surface area contributed by atoms with Crippen molar-refractivity contribution in [3.8, 4) is 5.75 Å². The van der Waals surface area contributed by atoms with Crippen LogP contribution in [0.3, 0.4) is 0 Å². The Morgan fingerprint density at radius 3 is 2.75 bits per heavy atom. The predicted molar refractivity (Wildman–Crippen MR) is 66.9 cm³/mol. The molecule has 16 heavy (non-hydrogen) atoms. The normalized spacial score (nSPS) is 20.2. The quantitative estimate of drug-likeness (QED) is 0.833. The van der Waals surface area contributed by atoms with Crippen LogP contribution in [0.5, 0.6) is 5.75 Å². The Balaban J connectivity index is 0.00000128. The van der Waals surface area contributed by atoms with Gasteiger partial charge in [-0.3, -0.25) is 0 Å². The van der Waals surface area contributed by atoms with Crippen LogP contribution in [0.4, 0.5) is 0 Å². The summed E-state index contributed by atoms with van der Waals surface area (Å²) in [5.41, 5.74) is 0.687. The van der Waals surface area contributed by atoms with Crippen LogP contribution in [0.1, 0.15) is 11.6 Å². The molecule has 0 saturated carbocycles. The first kappa shape index (κ1) is 13.9. The van der Waals surface area contributed by atoms with Crippen LogP contribution in [-0.2, 0) is 4.74 Å². The lowest BCUT2D eigenvalue weighted by Gasteiger charge is -2.25. The van der Waals surface area contributed by atoms with Crippen molar-refractivity contribution in [3.63, 3.8) is 0 Å². The summed E-state index contributed by atoms with van der Waals surface area (Å²) in [6, 6.07) is 3.18. The molecule has 0 aromatic heterocycles. The zero-order valence-corrected chi connectivity index (χ0v) is 10.7. The van der Waals surface area contributed by atoms with E-state index in [4.69, 9.17) is 27.9 Å². The predicted octanol–water partition coefficient (Wildman–Crippen LogP) is 2.78. The number of morpholine rings is 1. The third-order valence-corrected chi connectivity index (χ3v) is 2.86. The van der Waals surface area contributed by atoms with Crippen molar-refractivity contribution in [1.29, 1.82) is 0 Å². The lowest BCUT2D eigenvalue weighted by Crippen LogP contribution is -2.34. The molecule has 1 aliphatic rings. The maximum Gasteiger partial charge on any atom is 0.139 e. The molecule has 0 spiro atoms. The van der Waals surface area contributed by atoms with Gasteiger partial charge in [-0.05, 0) is 12.1 Å². The highest BCUT2D eigenvalue weighted by Gasteiger charge is 2.20. The Morgan fingerprint density at radius 1 is 1.38 bits per heavy atom. The summed E-state index contributed by atoms with van der Waals surface area (Å²) in [6.07, 6.45) is 0. The number of hydrogen-bond donors (Lipinski definition) is 2. The number of phenols is 1. The molecule has 2 N–H and O–H groups in total. The maximum absolute atomic E-state index is 9.79. The van der Waals surface area contributed by atoms with Crippen LogP contribution in [0, 0.1) is 0 Å². The molecule has 1 aliphatic heterocycles. The van der Waals surface area contributed by atoms with Crippen molar-refractivity contribution in [1.82, 2.24) is 5.32 Å². The Morgan fingerprint density at radius 2 is 2.12 bits per heavy atom. The number of hydrogen-bond acceptors (Lipinski definition) is 3. The molecule has 0 bridgehead atoms. The second kappa shape index (κ2) is 5.94. The summed E-state index contributed by atoms with van der Waals surface area (Å²) in [5, 5.41) is 13.8. The molecular weight excluding hydrogens is 272 g/mol. The SMILES string of the molecule is Cl.Oc1c(Cl)cc(Cl)cc1[C@@H]1COCCN1. The van der Waals surface area contributed by atoms with E-state index in [-0.39, 0.29) is 29.2 Å². The largest absolute Gasteiger partial charge is 0.506 e. The van der Waals surface area contributed by atoms with E-state index in [2.05, 4.69) is 5.32 Å². The molecule has 1 saturated heterocycles. The molecule has 0 amide bonds. The van der Waals surface area contributed by atoms with Crippen LogP contribution >= 0.6 is 35.6 Å². The Labute approximate surface area is 110 Å². The van der Waals surface area contributed by atoms with E-state index < -0.39 is 0 Å². The van der Waals surface area contributed by atoms with Crippen molar-refractivity contribution in [2.24, 2.45) is 0 Å². The van der Waals surface area contributed by atoms with Crippen molar-refractivity contribution in [2.45, 2.75) is 6.04 Å². The van der Waals surface area contributed by atoms with Crippen LogP contribution in [0.25, 0.3) is 0 Å². The smallest absolute Gasteiger partial charge is 0.139 e. The topological polar surface area (TPSA) is 41.5 Å². The summed E-state index contributed by atoms with van der Waals surface area (Å²) in [5.74, 6) is 0.0732. The van der Waals surface area contributed by atoms with Gasteiger partial charge >= 0.3 is 0 Å². The number of rotatable bonds is 1. The van der Waals surface area contributed by atoms with Gasteiger partial charge in [0.2, 0.25) is 0 Å². The van der Waals surface area contributed by atoms with Gasteiger partial charge in [0.25, 0.3) is 0 Å². The van der Waals surface area contributed by atoms with Gasteiger partial charge in [-0.15, -0.1) is 12.4 Å². The van der Waals surface area contributed by atoms with E-state index in [1.165, 1.54) is 6.07 Å². The minimum Gasteiger partial charge on any atom is -0.506 e. The van der Waals surface area contributed by atoms with Crippen LogP contribution < -0.4 is 5.32 Å². The highest BCUT2D eigenvalue weighted by Crippen LogP contribution is 2.35. The fourth-order valence-electron chi connectivity index (χ4n) is 1.62. The van der Waals surface area contributed by atoms with Crippen LogP contribution in [0.15, 0.2) is 12.1 Å². The van der Waals surface area contributed by atoms with E-state index in [9.17, 15) is 5.11 Å². The van der Waals surface area contributed by atoms with Crippen LogP contribution in [-0.4, -0.2) is 24.9 Å².